The summed E-state index contributed by atoms with van der Waals surface area (Å²) in [4.78, 5) is 38.4. The molecule has 7 heteroatoms. The lowest BCUT2D eigenvalue weighted by Crippen LogP contribution is -2.52. The number of carbonyl (C=O) groups is 3. The summed E-state index contributed by atoms with van der Waals surface area (Å²) in [6.45, 7) is 5.47. The number of benzene rings is 1. The fraction of sp³-hybridized carbons (Fsp3) is 0.571. The van der Waals surface area contributed by atoms with Crippen LogP contribution in [-0.4, -0.2) is 46.8 Å². The second kappa shape index (κ2) is 7.64. The van der Waals surface area contributed by atoms with Gasteiger partial charge in [0, 0.05) is 43.2 Å². The van der Waals surface area contributed by atoms with E-state index < -0.39 is 6.04 Å². The van der Waals surface area contributed by atoms with Gasteiger partial charge in [-0.25, -0.2) is 0 Å². The van der Waals surface area contributed by atoms with Crippen LogP contribution >= 0.6 is 0 Å². The number of hydrogen-bond donors (Lipinski definition) is 3. The van der Waals surface area contributed by atoms with Crippen molar-refractivity contribution < 1.29 is 14.4 Å². The number of hydrogen-bond acceptors (Lipinski definition) is 5. The molecule has 0 bridgehead atoms. The molecule has 1 aromatic rings. The smallest absolute Gasteiger partial charge is 0.255 e. The van der Waals surface area contributed by atoms with Crippen molar-refractivity contribution >= 4 is 17.7 Å². The van der Waals surface area contributed by atoms with Gasteiger partial charge in [-0.05, 0) is 44.2 Å². The Hall–Kier alpha value is -2.25. The predicted molar refractivity (Wildman–Crippen MR) is 104 cm³/mol. The first-order valence-corrected chi connectivity index (χ1v) is 10.2. The first-order chi connectivity index (χ1) is 13.4. The minimum Gasteiger partial charge on any atom is -0.322 e. The molecule has 0 saturated carbocycles. The van der Waals surface area contributed by atoms with Crippen LogP contribution in [0.5, 0.6) is 0 Å². The van der Waals surface area contributed by atoms with Crippen LogP contribution in [0.2, 0.25) is 0 Å². The van der Waals surface area contributed by atoms with Crippen molar-refractivity contribution in [2.24, 2.45) is 0 Å². The van der Waals surface area contributed by atoms with Crippen LogP contribution in [0.1, 0.15) is 61.0 Å². The standard InChI is InChI=1S/C21H28N4O3/c1-12-8-16(9-13(2)23-12)22-10-14-4-3-5-15-11-25(21(28)19(14)15)17-6-7-18(26)24-20(17)27/h3-5,12-13,16-17,22-23H,6-11H2,1-2H3,(H,24,26,27)/t12-,13+,16?,17?. The number of nitrogens with zero attached hydrogens (tertiary/aromatic N) is 1. The Balaban J connectivity index is 1.47. The van der Waals surface area contributed by atoms with E-state index in [4.69, 9.17) is 0 Å². The molecule has 2 unspecified atom stereocenters. The van der Waals surface area contributed by atoms with Gasteiger partial charge in [0.2, 0.25) is 11.8 Å². The number of nitrogens with one attached hydrogen (secondary N) is 3. The molecule has 1 aromatic carbocycles. The van der Waals surface area contributed by atoms with Gasteiger partial charge in [-0.3, -0.25) is 19.7 Å². The summed E-state index contributed by atoms with van der Waals surface area (Å²) in [7, 11) is 0. The summed E-state index contributed by atoms with van der Waals surface area (Å²) in [5.74, 6) is -0.732. The maximum Gasteiger partial charge on any atom is 0.255 e. The molecule has 7 nitrogen and oxygen atoms in total. The van der Waals surface area contributed by atoms with Crippen molar-refractivity contribution in [3.63, 3.8) is 0 Å². The van der Waals surface area contributed by atoms with Gasteiger partial charge in [0.05, 0.1) is 0 Å². The molecule has 28 heavy (non-hydrogen) atoms. The topological polar surface area (TPSA) is 90.5 Å². The molecule has 0 spiro atoms. The van der Waals surface area contributed by atoms with Crippen LogP contribution in [0, 0.1) is 0 Å². The normalized spacial score (nSPS) is 30.4. The van der Waals surface area contributed by atoms with Crippen LogP contribution in [0.4, 0.5) is 0 Å². The van der Waals surface area contributed by atoms with E-state index in [0.29, 0.717) is 37.6 Å². The molecule has 3 aliphatic rings. The Bertz CT molecular complexity index is 799. The second-order valence-corrected chi connectivity index (χ2v) is 8.37. The monoisotopic (exact) mass is 384 g/mol. The molecule has 3 amide bonds. The molecular weight excluding hydrogens is 356 g/mol. The number of rotatable bonds is 4. The van der Waals surface area contributed by atoms with Crippen LogP contribution in [-0.2, 0) is 22.7 Å². The molecular formula is C21H28N4O3. The van der Waals surface area contributed by atoms with Crippen LogP contribution < -0.4 is 16.0 Å². The maximum absolute atomic E-state index is 13.1. The number of amides is 3. The molecule has 4 rings (SSSR count). The highest BCUT2D eigenvalue weighted by molar-refractivity contribution is 6.05. The summed E-state index contributed by atoms with van der Waals surface area (Å²) in [6, 6.07) is 6.74. The molecule has 0 aromatic heterocycles. The van der Waals surface area contributed by atoms with E-state index >= 15 is 0 Å². The van der Waals surface area contributed by atoms with Gasteiger partial charge in [-0.15, -0.1) is 0 Å². The highest BCUT2D eigenvalue weighted by atomic mass is 16.2. The quantitative estimate of drug-likeness (QED) is 0.676. The molecule has 2 fully saturated rings. The number of imide groups is 1. The Morgan fingerprint density at radius 2 is 1.89 bits per heavy atom. The third kappa shape index (κ3) is 3.69. The minimum absolute atomic E-state index is 0.103. The summed E-state index contributed by atoms with van der Waals surface area (Å²) in [5.41, 5.74) is 2.66. The van der Waals surface area contributed by atoms with Gasteiger partial charge in [0.25, 0.3) is 5.91 Å². The average Bonchev–Trinajstić information content (AvgIpc) is 2.96. The average molecular weight is 384 g/mol. The summed E-state index contributed by atoms with van der Waals surface area (Å²) < 4.78 is 0. The van der Waals surface area contributed by atoms with Crippen molar-refractivity contribution in [2.45, 2.75) is 76.8 Å². The molecule has 3 heterocycles. The zero-order chi connectivity index (χ0) is 19.8. The summed E-state index contributed by atoms with van der Waals surface area (Å²) in [6.07, 6.45) is 2.80. The van der Waals surface area contributed by atoms with Crippen molar-refractivity contribution in [3.05, 3.63) is 34.9 Å². The lowest BCUT2D eigenvalue weighted by atomic mass is 9.94. The first kappa shape index (κ1) is 19.1. The third-order valence-corrected chi connectivity index (χ3v) is 6.07. The largest absolute Gasteiger partial charge is 0.322 e. The highest BCUT2D eigenvalue weighted by Crippen LogP contribution is 2.30. The Labute approximate surface area is 165 Å². The van der Waals surface area contributed by atoms with E-state index in [1.165, 1.54) is 0 Å². The maximum atomic E-state index is 13.1. The van der Waals surface area contributed by atoms with E-state index in [0.717, 1.165) is 29.5 Å². The van der Waals surface area contributed by atoms with Gasteiger partial charge >= 0.3 is 0 Å². The van der Waals surface area contributed by atoms with E-state index in [2.05, 4.69) is 29.8 Å². The minimum atomic E-state index is -0.565. The third-order valence-electron chi connectivity index (χ3n) is 6.07. The van der Waals surface area contributed by atoms with E-state index in [-0.39, 0.29) is 24.1 Å². The first-order valence-electron chi connectivity index (χ1n) is 10.2. The Kier molecular flexibility index (Phi) is 5.21. The fourth-order valence-corrected chi connectivity index (χ4v) is 4.83. The number of carbonyl (C=O) groups excluding carboxylic acids is 3. The van der Waals surface area contributed by atoms with Gasteiger partial charge in [-0.2, -0.15) is 0 Å². The van der Waals surface area contributed by atoms with E-state index in [9.17, 15) is 14.4 Å². The number of fused-ring (bicyclic) bond motifs is 1. The number of piperidine rings is 2. The van der Waals surface area contributed by atoms with Gasteiger partial charge < -0.3 is 15.5 Å². The predicted octanol–water partition coefficient (Wildman–Crippen LogP) is 1.07. The fourth-order valence-electron chi connectivity index (χ4n) is 4.83. The van der Waals surface area contributed by atoms with E-state index in [1.54, 1.807) is 4.90 Å². The van der Waals surface area contributed by atoms with Crippen LogP contribution in [0.3, 0.4) is 0 Å². The van der Waals surface area contributed by atoms with Gasteiger partial charge in [-0.1, -0.05) is 18.2 Å². The summed E-state index contributed by atoms with van der Waals surface area (Å²) in [5, 5.41) is 9.52. The van der Waals surface area contributed by atoms with Crippen LogP contribution in [0.25, 0.3) is 0 Å². The van der Waals surface area contributed by atoms with Crippen molar-refractivity contribution in [3.8, 4) is 0 Å². The molecule has 3 aliphatic heterocycles. The molecule has 4 atom stereocenters. The molecule has 0 radical (unpaired) electrons. The Morgan fingerprint density at radius 1 is 1.14 bits per heavy atom. The SMILES string of the molecule is C[C@@H]1CC(NCc2cccc3c2C(=O)N(C2CCC(=O)NC2=O)C3)C[C@H](C)N1. The van der Waals surface area contributed by atoms with Gasteiger partial charge in [0.1, 0.15) is 6.04 Å². The molecule has 0 aliphatic carbocycles. The van der Waals surface area contributed by atoms with E-state index in [1.807, 2.05) is 18.2 Å². The van der Waals surface area contributed by atoms with Crippen molar-refractivity contribution in [2.75, 3.05) is 0 Å². The van der Waals surface area contributed by atoms with Crippen molar-refractivity contribution in [1.82, 2.24) is 20.9 Å². The zero-order valence-corrected chi connectivity index (χ0v) is 16.5. The Morgan fingerprint density at radius 3 is 2.61 bits per heavy atom. The molecule has 150 valence electrons. The zero-order valence-electron chi connectivity index (χ0n) is 16.5. The highest BCUT2D eigenvalue weighted by Gasteiger charge is 2.40. The molecule has 2 saturated heterocycles. The summed E-state index contributed by atoms with van der Waals surface area (Å²) >= 11 is 0. The second-order valence-electron chi connectivity index (χ2n) is 8.37. The van der Waals surface area contributed by atoms with Crippen LogP contribution in [0.15, 0.2) is 18.2 Å². The van der Waals surface area contributed by atoms with Gasteiger partial charge in [0.15, 0.2) is 0 Å². The lowest BCUT2D eigenvalue weighted by Gasteiger charge is -2.33. The molecule has 3 N–H and O–H groups in total. The van der Waals surface area contributed by atoms with Crippen molar-refractivity contribution in [1.29, 1.82) is 0 Å². The lowest BCUT2D eigenvalue weighted by molar-refractivity contribution is -0.136.